The number of carbonyl (C=O) groups excluding carboxylic acids is 6. The summed E-state index contributed by atoms with van der Waals surface area (Å²) in [6, 6.07) is -2.65. The molecule has 0 unspecified atom stereocenters. The van der Waals surface area contributed by atoms with Gasteiger partial charge in [-0.05, 0) is 45.2 Å². The lowest BCUT2D eigenvalue weighted by Crippen LogP contribution is -2.55. The van der Waals surface area contributed by atoms with Crippen molar-refractivity contribution in [2.24, 2.45) is 11.7 Å². The second-order valence-electron chi connectivity index (χ2n) is 9.00. The van der Waals surface area contributed by atoms with E-state index in [2.05, 4.69) is 37.2 Å². The van der Waals surface area contributed by atoms with Gasteiger partial charge in [0, 0.05) is 7.05 Å². The SMILES string of the molecule is CNC(=O)[C@H](CCCCN)NC(=O)[C@H](CO)NC(=O)CNC(=O)CNC(=O)CNC(=O)[C@H](CC(C)C)NC. The van der Waals surface area contributed by atoms with Gasteiger partial charge in [0.05, 0.1) is 32.3 Å². The topological polar surface area (TPSA) is 233 Å². The van der Waals surface area contributed by atoms with E-state index < -0.39 is 67.4 Å². The summed E-state index contributed by atoms with van der Waals surface area (Å²) in [5.41, 5.74) is 5.45. The minimum absolute atomic E-state index is 0.279. The van der Waals surface area contributed by atoms with Crippen LogP contribution in [-0.4, -0.2) is 106 Å². The largest absolute Gasteiger partial charge is 0.394 e. The van der Waals surface area contributed by atoms with E-state index in [9.17, 15) is 33.9 Å². The van der Waals surface area contributed by atoms with Crippen LogP contribution in [0.1, 0.15) is 39.5 Å². The molecule has 38 heavy (non-hydrogen) atoms. The van der Waals surface area contributed by atoms with Gasteiger partial charge in [0.2, 0.25) is 35.4 Å². The minimum Gasteiger partial charge on any atom is -0.394 e. The molecule has 0 aromatic heterocycles. The summed E-state index contributed by atoms with van der Waals surface area (Å²) < 4.78 is 0. The van der Waals surface area contributed by atoms with Crippen molar-refractivity contribution < 1.29 is 33.9 Å². The van der Waals surface area contributed by atoms with Crippen LogP contribution in [0, 0.1) is 5.92 Å². The molecule has 0 aromatic carbocycles. The fourth-order valence-corrected chi connectivity index (χ4v) is 3.25. The van der Waals surface area contributed by atoms with E-state index in [1.807, 2.05) is 13.8 Å². The van der Waals surface area contributed by atoms with E-state index in [0.717, 1.165) is 0 Å². The zero-order valence-corrected chi connectivity index (χ0v) is 22.6. The molecule has 0 aliphatic carbocycles. The fraction of sp³-hybridized carbons (Fsp3) is 0.739. The average Bonchev–Trinajstić information content (AvgIpc) is 2.89. The Kier molecular flexibility index (Phi) is 18.0. The predicted octanol–water partition coefficient (Wildman–Crippen LogP) is -4.19. The molecule has 0 saturated carbocycles. The lowest BCUT2D eigenvalue weighted by Gasteiger charge is -2.21. The molecule has 15 nitrogen and oxygen atoms in total. The predicted molar refractivity (Wildman–Crippen MR) is 139 cm³/mol. The quantitative estimate of drug-likeness (QED) is 0.0716. The van der Waals surface area contributed by atoms with Crippen LogP contribution in [0.25, 0.3) is 0 Å². The molecule has 0 bridgehead atoms. The number of rotatable bonds is 19. The van der Waals surface area contributed by atoms with E-state index in [4.69, 9.17) is 5.73 Å². The molecule has 0 fully saturated rings. The van der Waals surface area contributed by atoms with Gasteiger partial charge in [-0.2, -0.15) is 0 Å². The van der Waals surface area contributed by atoms with Crippen LogP contribution in [0.5, 0.6) is 0 Å². The van der Waals surface area contributed by atoms with Crippen molar-refractivity contribution in [1.82, 2.24) is 37.2 Å². The molecule has 0 rings (SSSR count). The zero-order chi connectivity index (χ0) is 29.1. The van der Waals surface area contributed by atoms with Crippen LogP contribution in [0.4, 0.5) is 0 Å². The summed E-state index contributed by atoms with van der Waals surface area (Å²) >= 11 is 0. The highest BCUT2D eigenvalue weighted by Crippen LogP contribution is 2.04. The average molecular weight is 545 g/mol. The normalized spacial score (nSPS) is 13.0. The third-order valence-electron chi connectivity index (χ3n) is 5.35. The van der Waals surface area contributed by atoms with Crippen molar-refractivity contribution in [3.63, 3.8) is 0 Å². The molecule has 0 spiro atoms. The lowest BCUT2D eigenvalue weighted by molar-refractivity contribution is -0.133. The van der Waals surface area contributed by atoms with Crippen LogP contribution in [-0.2, 0) is 28.8 Å². The molecule has 0 radical (unpaired) electrons. The summed E-state index contributed by atoms with van der Waals surface area (Å²) in [4.78, 5) is 72.6. The van der Waals surface area contributed by atoms with E-state index in [1.54, 1.807) is 7.05 Å². The van der Waals surface area contributed by atoms with E-state index in [1.165, 1.54) is 7.05 Å². The number of carbonyl (C=O) groups is 6. The number of aliphatic hydroxyl groups is 1. The number of unbranched alkanes of at least 4 members (excludes halogenated alkanes) is 1. The summed E-state index contributed by atoms with van der Waals surface area (Å²) in [5, 5.41) is 26.7. The smallest absolute Gasteiger partial charge is 0.245 e. The van der Waals surface area contributed by atoms with Crippen LogP contribution >= 0.6 is 0 Å². The van der Waals surface area contributed by atoms with Crippen LogP contribution in [0.2, 0.25) is 0 Å². The molecule has 6 amide bonds. The number of nitrogens with two attached hydrogens (primary N) is 1. The Labute approximate surface area is 223 Å². The van der Waals surface area contributed by atoms with E-state index in [0.29, 0.717) is 32.2 Å². The van der Waals surface area contributed by atoms with Crippen molar-refractivity contribution in [3.8, 4) is 0 Å². The van der Waals surface area contributed by atoms with E-state index in [-0.39, 0.29) is 18.4 Å². The molecular formula is C23H44N8O7. The Hall–Kier alpha value is -3.30. The highest BCUT2D eigenvalue weighted by Gasteiger charge is 2.26. The first-order valence-corrected chi connectivity index (χ1v) is 12.6. The summed E-state index contributed by atoms with van der Waals surface area (Å²) in [7, 11) is 3.07. The second-order valence-corrected chi connectivity index (χ2v) is 9.00. The van der Waals surface area contributed by atoms with Crippen LogP contribution in [0.15, 0.2) is 0 Å². The Balaban J connectivity index is 4.50. The maximum Gasteiger partial charge on any atom is 0.245 e. The number of likely N-dealkylation sites (N-methyl/N-ethyl adjacent to an activating group) is 2. The maximum atomic E-state index is 12.5. The van der Waals surface area contributed by atoms with Crippen molar-refractivity contribution in [1.29, 1.82) is 0 Å². The van der Waals surface area contributed by atoms with Crippen molar-refractivity contribution in [2.75, 3.05) is 46.9 Å². The molecule has 0 saturated heterocycles. The maximum absolute atomic E-state index is 12.5. The number of nitrogens with one attached hydrogen (secondary N) is 7. The van der Waals surface area contributed by atoms with Gasteiger partial charge >= 0.3 is 0 Å². The van der Waals surface area contributed by atoms with E-state index >= 15 is 0 Å². The number of aliphatic hydroxyl groups excluding tert-OH is 1. The molecule has 0 heterocycles. The Morgan fingerprint density at radius 3 is 1.79 bits per heavy atom. The first kappa shape index (κ1) is 34.7. The number of hydrogen-bond acceptors (Lipinski definition) is 9. The third kappa shape index (κ3) is 15.1. The Bertz CT molecular complexity index is 794. The molecule has 15 heteroatoms. The Morgan fingerprint density at radius 1 is 0.711 bits per heavy atom. The molecule has 0 aromatic rings. The summed E-state index contributed by atoms with van der Waals surface area (Å²) in [6.07, 6.45) is 2.17. The zero-order valence-electron chi connectivity index (χ0n) is 22.6. The highest BCUT2D eigenvalue weighted by atomic mass is 16.3. The summed E-state index contributed by atoms with van der Waals surface area (Å²) in [5.74, 6) is -3.29. The molecule has 10 N–H and O–H groups in total. The van der Waals surface area contributed by atoms with Gasteiger partial charge in [-0.3, -0.25) is 28.8 Å². The highest BCUT2D eigenvalue weighted by molar-refractivity contribution is 5.94. The Morgan fingerprint density at radius 2 is 1.29 bits per heavy atom. The number of hydrogen-bond donors (Lipinski definition) is 9. The molecule has 0 aliphatic heterocycles. The lowest BCUT2D eigenvalue weighted by atomic mass is 10.0. The monoisotopic (exact) mass is 544 g/mol. The fourth-order valence-electron chi connectivity index (χ4n) is 3.25. The number of amides is 6. The molecule has 218 valence electrons. The molecular weight excluding hydrogens is 500 g/mol. The van der Waals surface area contributed by atoms with Gasteiger partial charge < -0.3 is 48.1 Å². The molecule has 3 atom stereocenters. The third-order valence-corrected chi connectivity index (χ3v) is 5.35. The van der Waals surface area contributed by atoms with Crippen molar-refractivity contribution in [3.05, 3.63) is 0 Å². The van der Waals surface area contributed by atoms with Gasteiger partial charge in [0.1, 0.15) is 12.1 Å². The van der Waals surface area contributed by atoms with Gasteiger partial charge in [0.15, 0.2) is 0 Å². The van der Waals surface area contributed by atoms with Gasteiger partial charge in [0.25, 0.3) is 0 Å². The standard InChI is InChI=1S/C23H44N8O7/c1-14(2)9-16(25-3)22(37)29-11-19(34)27-10-18(33)28-12-20(35)30-17(13-32)23(38)31-15(21(36)26-4)7-5-6-8-24/h14-17,25,32H,5-13,24H2,1-4H3,(H,26,36)(H,27,34)(H,28,33)(H,29,37)(H,30,35)(H,31,38)/t15-,16-,17-/m0/s1. The minimum atomic E-state index is -1.35. The summed E-state index contributed by atoms with van der Waals surface area (Å²) in [6.45, 7) is 2.36. The second kappa shape index (κ2) is 19.8. The first-order valence-electron chi connectivity index (χ1n) is 12.6. The van der Waals surface area contributed by atoms with Crippen LogP contribution in [0.3, 0.4) is 0 Å². The van der Waals surface area contributed by atoms with Gasteiger partial charge in [-0.25, -0.2) is 0 Å². The van der Waals surface area contributed by atoms with Crippen molar-refractivity contribution >= 4 is 35.4 Å². The molecule has 0 aliphatic rings. The van der Waals surface area contributed by atoms with Crippen molar-refractivity contribution in [2.45, 2.75) is 57.7 Å². The first-order chi connectivity index (χ1) is 18.0. The van der Waals surface area contributed by atoms with Crippen LogP contribution < -0.4 is 43.0 Å². The van der Waals surface area contributed by atoms with Gasteiger partial charge in [-0.15, -0.1) is 0 Å². The van der Waals surface area contributed by atoms with Gasteiger partial charge in [-0.1, -0.05) is 13.8 Å².